The molecule has 0 aliphatic rings. The van der Waals surface area contributed by atoms with Crippen LogP contribution in [-0.4, -0.2) is 37.3 Å². The smallest absolute Gasteiger partial charge is 0.407 e. The Bertz CT molecular complexity index is 548. The summed E-state index contributed by atoms with van der Waals surface area (Å²) in [5.74, 6) is 0.505. The quantitative estimate of drug-likeness (QED) is 0.710. The summed E-state index contributed by atoms with van der Waals surface area (Å²) in [6.07, 6.45) is 2.19. The van der Waals surface area contributed by atoms with Crippen molar-refractivity contribution in [2.24, 2.45) is 0 Å². The summed E-state index contributed by atoms with van der Waals surface area (Å²) < 4.78 is 15.6. The lowest BCUT2D eigenvalue weighted by atomic mass is 10.1. The number of hydrogen-bond donors (Lipinski definition) is 2. The average Bonchev–Trinajstić information content (AvgIpc) is 2.97. The largest absolute Gasteiger partial charge is 0.453 e. The van der Waals surface area contributed by atoms with Crippen molar-refractivity contribution in [3.05, 3.63) is 23.7 Å². The first-order valence-electron chi connectivity index (χ1n) is 8.60. The van der Waals surface area contributed by atoms with E-state index in [2.05, 4.69) is 17.6 Å². The second kappa shape index (κ2) is 10.1. The molecular weight excluding hydrogens is 324 g/mol. The minimum atomic E-state index is -0.557. The second-order valence-electron chi connectivity index (χ2n) is 6.89. The lowest BCUT2D eigenvalue weighted by Crippen LogP contribution is -2.44. The van der Waals surface area contributed by atoms with Gasteiger partial charge >= 0.3 is 6.09 Å². The molecule has 0 aliphatic carbocycles. The summed E-state index contributed by atoms with van der Waals surface area (Å²) in [7, 11) is 1.56. The van der Waals surface area contributed by atoms with Gasteiger partial charge in [0.25, 0.3) is 5.91 Å². The van der Waals surface area contributed by atoms with Gasteiger partial charge in [-0.25, -0.2) is 4.79 Å². The molecule has 2 amide bonds. The van der Waals surface area contributed by atoms with Crippen molar-refractivity contribution in [2.45, 2.75) is 65.2 Å². The average molecular weight is 354 g/mol. The zero-order valence-electron chi connectivity index (χ0n) is 15.8. The van der Waals surface area contributed by atoms with Crippen molar-refractivity contribution in [1.82, 2.24) is 10.6 Å². The second-order valence-corrected chi connectivity index (χ2v) is 6.89. The van der Waals surface area contributed by atoms with Gasteiger partial charge in [0.05, 0.1) is 0 Å². The number of carbonyl (C=O) groups excluding carboxylic acids is 2. The van der Waals surface area contributed by atoms with Gasteiger partial charge in [-0.2, -0.15) is 0 Å². The van der Waals surface area contributed by atoms with E-state index in [-0.39, 0.29) is 17.7 Å². The molecular formula is C18H30N2O5. The molecule has 0 aromatic carbocycles. The van der Waals surface area contributed by atoms with Crippen LogP contribution in [0.4, 0.5) is 4.79 Å². The highest BCUT2D eigenvalue weighted by Gasteiger charge is 2.20. The number of rotatable bonds is 9. The molecule has 142 valence electrons. The van der Waals surface area contributed by atoms with E-state index in [1.54, 1.807) is 40.0 Å². The fourth-order valence-corrected chi connectivity index (χ4v) is 2.17. The van der Waals surface area contributed by atoms with Crippen LogP contribution in [0.1, 0.15) is 63.3 Å². The van der Waals surface area contributed by atoms with Gasteiger partial charge in [0.2, 0.25) is 0 Å². The van der Waals surface area contributed by atoms with Gasteiger partial charge in [-0.3, -0.25) is 4.79 Å². The van der Waals surface area contributed by atoms with Crippen molar-refractivity contribution < 1.29 is 23.5 Å². The Morgan fingerprint density at radius 2 is 2.00 bits per heavy atom. The number of unbranched alkanes of at least 4 members (excludes halogenated alkanes) is 1. The highest BCUT2D eigenvalue weighted by Crippen LogP contribution is 2.10. The van der Waals surface area contributed by atoms with E-state index in [0.717, 1.165) is 19.3 Å². The molecule has 0 saturated heterocycles. The maximum Gasteiger partial charge on any atom is 0.407 e. The molecule has 1 heterocycles. The van der Waals surface area contributed by atoms with E-state index >= 15 is 0 Å². The Labute approximate surface area is 149 Å². The zero-order valence-corrected chi connectivity index (χ0v) is 15.8. The maximum absolute atomic E-state index is 12.3. The van der Waals surface area contributed by atoms with Crippen molar-refractivity contribution in [3.63, 3.8) is 0 Å². The SMILES string of the molecule is CCCC[C@H](CNC(=O)OC(C)(C)C)NC(=O)c1ccc(COC)o1. The number of amides is 2. The van der Waals surface area contributed by atoms with Gasteiger partial charge in [-0.05, 0) is 39.3 Å². The molecule has 0 spiro atoms. The monoisotopic (exact) mass is 354 g/mol. The fourth-order valence-electron chi connectivity index (χ4n) is 2.17. The van der Waals surface area contributed by atoms with E-state index in [1.165, 1.54) is 0 Å². The topological polar surface area (TPSA) is 89.8 Å². The van der Waals surface area contributed by atoms with Crippen molar-refractivity contribution in [3.8, 4) is 0 Å². The first kappa shape index (κ1) is 21.0. The number of methoxy groups -OCH3 is 1. The van der Waals surface area contributed by atoms with E-state index in [1.807, 2.05) is 0 Å². The molecule has 0 saturated carbocycles. The molecule has 0 aliphatic heterocycles. The summed E-state index contributed by atoms with van der Waals surface area (Å²) in [6, 6.07) is 3.12. The Kier molecular flexibility index (Phi) is 8.48. The molecule has 7 nitrogen and oxygen atoms in total. The number of alkyl carbamates (subject to hydrolysis) is 1. The number of ether oxygens (including phenoxy) is 2. The van der Waals surface area contributed by atoms with Crippen LogP contribution in [0.5, 0.6) is 0 Å². The standard InChI is InChI=1S/C18H30N2O5/c1-6-7-8-13(11-19-17(22)25-18(2,3)4)20-16(21)15-10-9-14(24-15)12-23-5/h9-10,13H,6-8,11-12H2,1-5H3,(H,19,22)(H,20,21)/t13-/m1/s1. The van der Waals surface area contributed by atoms with Crippen LogP contribution in [0.25, 0.3) is 0 Å². The number of furan rings is 1. The summed E-state index contributed by atoms with van der Waals surface area (Å²) in [6.45, 7) is 8.09. The lowest BCUT2D eigenvalue weighted by Gasteiger charge is -2.22. The van der Waals surface area contributed by atoms with Crippen LogP contribution in [0.15, 0.2) is 16.5 Å². The summed E-state index contributed by atoms with van der Waals surface area (Å²) in [4.78, 5) is 24.1. The lowest BCUT2D eigenvalue weighted by molar-refractivity contribution is 0.0518. The predicted octanol–water partition coefficient (Wildman–Crippen LogP) is 3.24. The van der Waals surface area contributed by atoms with Gasteiger partial charge in [-0.15, -0.1) is 0 Å². The third-order valence-electron chi connectivity index (χ3n) is 3.31. The fraction of sp³-hybridized carbons (Fsp3) is 0.667. The molecule has 1 rings (SSSR count). The van der Waals surface area contributed by atoms with Gasteiger partial charge in [0.1, 0.15) is 18.0 Å². The molecule has 1 aromatic rings. The van der Waals surface area contributed by atoms with Crippen LogP contribution < -0.4 is 10.6 Å². The van der Waals surface area contributed by atoms with E-state index in [4.69, 9.17) is 13.9 Å². The molecule has 0 unspecified atom stereocenters. The van der Waals surface area contributed by atoms with Crippen LogP contribution in [0, 0.1) is 0 Å². The Morgan fingerprint density at radius 3 is 2.60 bits per heavy atom. The van der Waals surface area contributed by atoms with Crippen LogP contribution >= 0.6 is 0 Å². The Hall–Kier alpha value is -2.02. The minimum absolute atomic E-state index is 0.198. The van der Waals surface area contributed by atoms with E-state index in [9.17, 15) is 9.59 Å². The normalized spacial score (nSPS) is 12.5. The first-order chi connectivity index (χ1) is 11.7. The number of hydrogen-bond acceptors (Lipinski definition) is 5. The highest BCUT2D eigenvalue weighted by molar-refractivity contribution is 5.91. The first-order valence-corrected chi connectivity index (χ1v) is 8.60. The van der Waals surface area contributed by atoms with Crippen molar-refractivity contribution >= 4 is 12.0 Å². The molecule has 7 heteroatoms. The van der Waals surface area contributed by atoms with E-state index < -0.39 is 11.7 Å². The van der Waals surface area contributed by atoms with E-state index in [0.29, 0.717) is 18.9 Å². The third kappa shape index (κ3) is 8.58. The molecule has 0 bridgehead atoms. The summed E-state index contributed by atoms with van der Waals surface area (Å²) in [5.41, 5.74) is -0.557. The van der Waals surface area contributed by atoms with Gasteiger partial charge in [-0.1, -0.05) is 19.8 Å². The molecule has 2 N–H and O–H groups in total. The molecule has 1 atom stereocenters. The van der Waals surface area contributed by atoms with Crippen molar-refractivity contribution in [1.29, 1.82) is 0 Å². The number of carbonyl (C=O) groups is 2. The Balaban J connectivity index is 2.58. The van der Waals surface area contributed by atoms with Crippen LogP contribution in [-0.2, 0) is 16.1 Å². The minimum Gasteiger partial charge on any atom is -0.453 e. The number of nitrogens with one attached hydrogen (secondary N) is 2. The third-order valence-corrected chi connectivity index (χ3v) is 3.31. The molecule has 25 heavy (non-hydrogen) atoms. The van der Waals surface area contributed by atoms with Crippen LogP contribution in [0.2, 0.25) is 0 Å². The molecule has 0 radical (unpaired) electrons. The predicted molar refractivity (Wildman–Crippen MR) is 94.4 cm³/mol. The Morgan fingerprint density at radius 1 is 1.28 bits per heavy atom. The summed E-state index contributed by atoms with van der Waals surface area (Å²) in [5, 5.41) is 5.60. The highest BCUT2D eigenvalue weighted by atomic mass is 16.6. The van der Waals surface area contributed by atoms with Gasteiger partial charge in [0.15, 0.2) is 5.76 Å². The zero-order chi connectivity index (χ0) is 18.9. The van der Waals surface area contributed by atoms with Crippen LogP contribution in [0.3, 0.4) is 0 Å². The van der Waals surface area contributed by atoms with Crippen molar-refractivity contribution in [2.75, 3.05) is 13.7 Å². The van der Waals surface area contributed by atoms with Gasteiger partial charge in [0, 0.05) is 19.7 Å². The molecule has 1 aromatic heterocycles. The van der Waals surface area contributed by atoms with Gasteiger partial charge < -0.3 is 24.5 Å². The maximum atomic E-state index is 12.3. The summed E-state index contributed by atoms with van der Waals surface area (Å²) >= 11 is 0. The molecule has 0 fully saturated rings.